The van der Waals surface area contributed by atoms with Crippen LogP contribution in [0.5, 0.6) is 0 Å². The summed E-state index contributed by atoms with van der Waals surface area (Å²) in [5.41, 5.74) is -11.7. The molecule has 5 aromatic carbocycles. The molecule has 0 fully saturated rings. The average Bonchev–Trinajstić information content (AvgIpc) is 3.22. The summed E-state index contributed by atoms with van der Waals surface area (Å²) in [7, 11) is 0. The monoisotopic (exact) mass is 864 g/mol. The lowest BCUT2D eigenvalue weighted by Gasteiger charge is -2.44. The van der Waals surface area contributed by atoms with Crippen molar-refractivity contribution in [2.75, 3.05) is 0 Å². The number of halogens is 20. The fraction of sp³-hybridized carbons (Fsp3) is 0.0556. The summed E-state index contributed by atoms with van der Waals surface area (Å²) in [5, 5.41) is 0. The van der Waals surface area contributed by atoms with Crippen LogP contribution in [0.25, 0.3) is 0 Å². The van der Waals surface area contributed by atoms with Gasteiger partial charge in [-0.1, -0.05) is 29.8 Å². The Morgan fingerprint density at radius 3 is 0.814 bits per heavy atom. The van der Waals surface area contributed by atoms with Crippen LogP contribution >= 0.6 is 0 Å². The van der Waals surface area contributed by atoms with Gasteiger partial charge in [-0.2, -0.15) is 4.57 Å². The van der Waals surface area contributed by atoms with E-state index in [-0.39, 0.29) is 0 Å². The van der Waals surface area contributed by atoms with E-state index in [9.17, 15) is 52.7 Å². The quantitative estimate of drug-likeness (QED) is 0.0556. The van der Waals surface area contributed by atoms with Gasteiger partial charge in [0.2, 0.25) is 0 Å². The van der Waals surface area contributed by atoms with Crippen LogP contribution < -0.4 is 26.4 Å². The lowest BCUT2D eigenvalue weighted by atomic mass is 9.12. The molecular weight excluding hydrogens is 851 g/mol. The number of aryl methyl sites for hydroxylation is 1. The Labute approximate surface area is 315 Å². The van der Waals surface area contributed by atoms with Crippen molar-refractivity contribution in [3.05, 3.63) is 177 Å². The van der Waals surface area contributed by atoms with E-state index < -0.39 is 144 Å². The molecule has 0 saturated heterocycles. The second-order valence-corrected chi connectivity index (χ2v) is 12.2. The van der Waals surface area contributed by atoms with E-state index in [0.29, 0.717) is 0 Å². The predicted molar refractivity (Wildman–Crippen MR) is 164 cm³/mol. The van der Waals surface area contributed by atoms with Gasteiger partial charge in [-0.15, -0.1) is 21.9 Å². The van der Waals surface area contributed by atoms with Crippen LogP contribution in [0, 0.1) is 123 Å². The molecule has 59 heavy (non-hydrogen) atoms. The maximum Gasteiger partial charge on any atom is 0.200 e. The molecule has 0 unspecified atom stereocenters. The van der Waals surface area contributed by atoms with Gasteiger partial charge < -0.3 is 0 Å². The molecule has 0 aliphatic rings. The van der Waals surface area contributed by atoms with Crippen molar-refractivity contribution in [2.45, 2.75) is 13.5 Å². The Morgan fingerprint density at radius 1 is 0.356 bits per heavy atom. The van der Waals surface area contributed by atoms with Gasteiger partial charge in [0.15, 0.2) is 88.7 Å². The Kier molecular flexibility index (Phi) is 12.1. The van der Waals surface area contributed by atoms with Crippen LogP contribution in [0.4, 0.5) is 87.8 Å². The summed E-state index contributed by atoms with van der Waals surface area (Å²) >= 11 is 0. The summed E-state index contributed by atoms with van der Waals surface area (Å²) in [6.07, 6.45) is 0.327. The molecule has 0 spiro atoms. The summed E-state index contributed by atoms with van der Waals surface area (Å²) in [6.45, 7) is 3.01. The normalized spacial score (nSPS) is 11.5. The van der Waals surface area contributed by atoms with Crippen LogP contribution in [0.3, 0.4) is 0 Å². The van der Waals surface area contributed by atoms with Crippen molar-refractivity contribution in [3.63, 3.8) is 0 Å². The molecule has 0 radical (unpaired) electrons. The smallest absolute Gasteiger partial charge is 0.200 e. The van der Waals surface area contributed by atoms with Crippen molar-refractivity contribution in [1.29, 1.82) is 0 Å². The minimum atomic E-state index is -7.22. The first-order chi connectivity index (χ1) is 27.5. The standard InChI is InChI=1S/C24BF20.C12H13N2/c26-5-1(6(27)14(35)21(42)13(5)34)25(2-7(28)15(36)22(43)16(37)8(2)29,3-9(30)17(38)23(44)18(39)10(3)31)4-11(32)19(40)24(45)20(41)12(4)33;1-11-2-4-12(5-3-11)10-14-8-6-13-7-9-14/h;2-9H,10H2,1H3/q-1;+1. The number of aromatic nitrogens is 2. The Bertz CT molecular complexity index is 2260. The van der Waals surface area contributed by atoms with Gasteiger partial charge >= 0.3 is 0 Å². The largest absolute Gasteiger partial charge is 0.252 e. The Balaban J connectivity index is 0.000000395. The number of hydrogen-bond acceptors (Lipinski definition) is 1. The maximum atomic E-state index is 15.4. The highest BCUT2D eigenvalue weighted by molar-refractivity contribution is 7.20. The molecule has 6 aromatic rings. The van der Waals surface area contributed by atoms with E-state index >= 15 is 35.1 Å². The van der Waals surface area contributed by atoms with E-state index in [4.69, 9.17) is 0 Å². The number of hydrogen-bond donors (Lipinski definition) is 0. The molecule has 1 aromatic heterocycles. The molecule has 0 saturated carbocycles. The minimum absolute atomic E-state index is 0.906. The van der Waals surface area contributed by atoms with Crippen LogP contribution in [0.2, 0.25) is 0 Å². The third kappa shape index (κ3) is 6.98. The average molecular weight is 864 g/mol. The predicted octanol–water partition coefficient (Wildman–Crippen LogP) is 7.57. The fourth-order valence-corrected chi connectivity index (χ4v) is 6.23. The van der Waals surface area contributed by atoms with Gasteiger partial charge in [0.05, 0.1) is 12.4 Å². The van der Waals surface area contributed by atoms with Crippen molar-refractivity contribution in [1.82, 2.24) is 4.98 Å². The van der Waals surface area contributed by atoms with E-state index in [0.717, 1.165) is 6.54 Å². The molecule has 2 nitrogen and oxygen atoms in total. The zero-order chi connectivity index (χ0) is 44.2. The Morgan fingerprint density at radius 2 is 0.576 bits per heavy atom. The third-order valence-electron chi connectivity index (χ3n) is 8.88. The van der Waals surface area contributed by atoms with Crippen molar-refractivity contribution in [3.8, 4) is 0 Å². The van der Waals surface area contributed by atoms with E-state index in [1.165, 1.54) is 11.1 Å². The molecule has 1 heterocycles. The molecule has 0 N–H and O–H groups in total. The lowest BCUT2D eigenvalue weighted by Crippen LogP contribution is -2.81. The van der Waals surface area contributed by atoms with Crippen molar-refractivity contribution < 1.29 is 92.4 Å². The number of nitrogens with zero attached hydrogens (tertiary/aromatic N) is 2. The van der Waals surface area contributed by atoms with Crippen molar-refractivity contribution >= 4 is 28.0 Å². The van der Waals surface area contributed by atoms with Gasteiger partial charge in [0.25, 0.3) is 0 Å². The van der Waals surface area contributed by atoms with Gasteiger partial charge in [0.1, 0.15) is 52.7 Å². The number of benzene rings is 5. The zero-order valence-electron chi connectivity index (χ0n) is 28.4. The second kappa shape index (κ2) is 16.2. The van der Waals surface area contributed by atoms with Crippen LogP contribution in [-0.4, -0.2) is 11.1 Å². The second-order valence-electron chi connectivity index (χ2n) is 12.2. The number of rotatable bonds is 6. The molecule has 310 valence electrons. The van der Waals surface area contributed by atoms with Gasteiger partial charge in [0, 0.05) is 5.56 Å². The van der Waals surface area contributed by atoms with Crippen molar-refractivity contribution in [2.24, 2.45) is 0 Å². The summed E-state index contributed by atoms with van der Waals surface area (Å²) in [6, 6.07) is 8.58. The lowest BCUT2D eigenvalue weighted by molar-refractivity contribution is -0.688. The van der Waals surface area contributed by atoms with E-state index in [1.54, 1.807) is 12.4 Å². The molecular formula is C36H13BF20N2. The summed E-state index contributed by atoms with van der Waals surface area (Å²) in [4.78, 5) is 3.98. The third-order valence-corrected chi connectivity index (χ3v) is 8.88. The zero-order valence-corrected chi connectivity index (χ0v) is 28.4. The fourth-order valence-electron chi connectivity index (χ4n) is 6.23. The molecule has 0 aliphatic carbocycles. The van der Waals surface area contributed by atoms with Gasteiger partial charge in [-0.3, -0.25) is 4.98 Å². The van der Waals surface area contributed by atoms with Crippen LogP contribution in [0.1, 0.15) is 11.1 Å². The first kappa shape index (κ1) is 44.0. The highest BCUT2D eigenvalue weighted by Crippen LogP contribution is 2.30. The summed E-state index contributed by atoms with van der Waals surface area (Å²) < 4.78 is 296. The molecule has 0 amide bonds. The molecule has 0 bridgehead atoms. The molecule has 0 atom stereocenters. The van der Waals surface area contributed by atoms with Crippen LogP contribution in [-0.2, 0) is 6.54 Å². The Hall–Kier alpha value is -6.16. The molecule has 6 rings (SSSR count). The van der Waals surface area contributed by atoms with Crippen LogP contribution in [0.15, 0.2) is 49.1 Å². The maximum absolute atomic E-state index is 15.4. The first-order valence-electron chi connectivity index (χ1n) is 15.6. The van der Waals surface area contributed by atoms with Gasteiger partial charge in [-0.25, -0.2) is 87.8 Å². The molecule has 0 aliphatic heterocycles. The summed E-state index contributed by atoms with van der Waals surface area (Å²) in [5.74, 6) is -71.4. The highest BCUT2D eigenvalue weighted by Gasteiger charge is 2.52. The first-order valence-corrected chi connectivity index (χ1v) is 15.6. The van der Waals surface area contributed by atoms with E-state index in [2.05, 4.69) is 40.7 Å². The van der Waals surface area contributed by atoms with Gasteiger partial charge in [-0.05, 0) is 6.92 Å². The highest BCUT2D eigenvalue weighted by atomic mass is 19.2. The van der Waals surface area contributed by atoms with E-state index in [1.807, 2.05) is 12.4 Å². The topological polar surface area (TPSA) is 16.8 Å². The minimum Gasteiger partial charge on any atom is -0.252 e. The SMILES string of the molecule is Cc1ccc(C[n+]2ccncc2)cc1.Fc1c(F)c(F)c([B-](c2c(F)c(F)c(F)c(F)c2F)(c2c(F)c(F)c(F)c(F)c2F)c2c(F)c(F)c(F)c(F)c2F)c(F)c1F. The molecule has 23 heteroatoms.